The van der Waals surface area contributed by atoms with Gasteiger partial charge >= 0.3 is 0 Å². The number of nitriles is 1. The van der Waals surface area contributed by atoms with Crippen molar-refractivity contribution in [1.29, 1.82) is 5.26 Å². The van der Waals surface area contributed by atoms with Crippen LogP contribution in [-0.4, -0.2) is 25.2 Å². The maximum atomic E-state index is 13.4. The summed E-state index contributed by atoms with van der Waals surface area (Å²) in [5.41, 5.74) is 8.20. The molecule has 3 N–H and O–H groups in total. The van der Waals surface area contributed by atoms with Crippen LogP contribution < -0.4 is 20.9 Å². The molecule has 0 spiro atoms. The van der Waals surface area contributed by atoms with Crippen molar-refractivity contribution in [1.82, 2.24) is 4.57 Å². The van der Waals surface area contributed by atoms with E-state index in [4.69, 9.17) is 10.5 Å². The second-order valence-corrected chi connectivity index (χ2v) is 7.78. The number of benzene rings is 1. The molecule has 140 valence electrons. The molecule has 0 fully saturated rings. The van der Waals surface area contributed by atoms with E-state index in [1.165, 1.54) is 4.90 Å². The molecule has 0 unspecified atom stereocenters. The third-order valence-electron chi connectivity index (χ3n) is 4.74. The van der Waals surface area contributed by atoms with Crippen molar-refractivity contribution in [3.05, 3.63) is 73.4 Å². The number of nitrogens with one attached hydrogen (secondary N) is 1. The van der Waals surface area contributed by atoms with Crippen molar-refractivity contribution in [2.75, 3.05) is 20.6 Å². The molecule has 2 heterocycles. The molecule has 6 nitrogen and oxygen atoms in total. The first-order chi connectivity index (χ1) is 12.8. The predicted octanol–water partition coefficient (Wildman–Crippen LogP) is 1.28. The number of halogens is 1. The Hall–Kier alpha value is -2.56. The summed E-state index contributed by atoms with van der Waals surface area (Å²) in [5.74, 6) is -0.108. The minimum Gasteiger partial charge on any atom is -0.440 e. The van der Waals surface area contributed by atoms with Crippen LogP contribution in [0, 0.1) is 18.3 Å². The van der Waals surface area contributed by atoms with E-state index < -0.39 is 5.92 Å². The van der Waals surface area contributed by atoms with E-state index in [2.05, 4.69) is 22.0 Å². The van der Waals surface area contributed by atoms with E-state index in [0.29, 0.717) is 17.9 Å². The average Bonchev–Trinajstić information content (AvgIpc) is 2.60. The van der Waals surface area contributed by atoms with E-state index in [-0.39, 0.29) is 17.0 Å². The van der Waals surface area contributed by atoms with Crippen LogP contribution in [0.5, 0.6) is 5.75 Å². The maximum absolute atomic E-state index is 13.4. The van der Waals surface area contributed by atoms with Gasteiger partial charge in [0.1, 0.15) is 17.4 Å². The molecular formula is C20H22BrN4O2+. The van der Waals surface area contributed by atoms with Gasteiger partial charge in [0.15, 0.2) is 0 Å². The number of aryl methyl sites for hydroxylation is 1. The SMILES string of the molecule is Cc1cc2c(c(=O)n1CC[NH+](C)C)[C@@H](c1ccccc1Br)C(C#N)=C(N)O2. The molecular weight excluding hydrogens is 408 g/mol. The molecule has 7 heteroatoms. The molecule has 1 aliphatic heterocycles. The third-order valence-corrected chi connectivity index (χ3v) is 5.46. The molecule has 27 heavy (non-hydrogen) atoms. The number of hydrogen-bond donors (Lipinski definition) is 2. The number of nitrogens with zero attached hydrogens (tertiary/aromatic N) is 2. The molecule has 0 amide bonds. The largest absolute Gasteiger partial charge is 0.440 e. The number of hydrogen-bond acceptors (Lipinski definition) is 4. The van der Waals surface area contributed by atoms with Crippen LogP contribution in [0.4, 0.5) is 0 Å². The molecule has 0 bridgehead atoms. The van der Waals surface area contributed by atoms with E-state index in [0.717, 1.165) is 22.3 Å². The summed E-state index contributed by atoms with van der Waals surface area (Å²) in [6, 6.07) is 11.5. The fourth-order valence-electron chi connectivity index (χ4n) is 3.32. The summed E-state index contributed by atoms with van der Waals surface area (Å²) in [7, 11) is 4.09. The van der Waals surface area contributed by atoms with Crippen LogP contribution in [0.25, 0.3) is 0 Å². The zero-order valence-electron chi connectivity index (χ0n) is 15.5. The average molecular weight is 430 g/mol. The lowest BCUT2D eigenvalue weighted by atomic mass is 9.84. The molecule has 2 aromatic rings. The van der Waals surface area contributed by atoms with Crippen molar-refractivity contribution >= 4 is 15.9 Å². The first kappa shape index (κ1) is 19.2. The Morgan fingerprint density at radius 3 is 2.70 bits per heavy atom. The highest BCUT2D eigenvalue weighted by Gasteiger charge is 2.35. The quantitative estimate of drug-likeness (QED) is 0.766. The van der Waals surface area contributed by atoms with Gasteiger partial charge in [0, 0.05) is 16.2 Å². The molecule has 0 saturated heterocycles. The van der Waals surface area contributed by atoms with Crippen molar-refractivity contribution in [3.8, 4) is 11.8 Å². The normalized spacial score (nSPS) is 16.1. The summed E-state index contributed by atoms with van der Waals surface area (Å²) in [4.78, 5) is 14.6. The zero-order chi connectivity index (χ0) is 19.7. The molecule has 1 aliphatic rings. The highest BCUT2D eigenvalue weighted by atomic mass is 79.9. The van der Waals surface area contributed by atoms with Gasteiger partial charge in [-0.15, -0.1) is 0 Å². The lowest BCUT2D eigenvalue weighted by Gasteiger charge is -2.28. The zero-order valence-corrected chi connectivity index (χ0v) is 17.1. The fraction of sp³-hybridized carbons (Fsp3) is 0.300. The van der Waals surface area contributed by atoms with Gasteiger partial charge in [-0.2, -0.15) is 5.26 Å². The number of rotatable bonds is 4. The number of ether oxygens (including phenoxy) is 1. The summed E-state index contributed by atoms with van der Waals surface area (Å²) in [5, 5.41) is 9.71. The molecule has 1 aromatic carbocycles. The molecule has 0 saturated carbocycles. The Morgan fingerprint density at radius 1 is 1.37 bits per heavy atom. The maximum Gasteiger partial charge on any atom is 0.258 e. The Labute approximate surface area is 166 Å². The topological polar surface area (TPSA) is 85.5 Å². The Morgan fingerprint density at radius 2 is 2.07 bits per heavy atom. The van der Waals surface area contributed by atoms with E-state index in [1.807, 2.05) is 51.4 Å². The minimum absolute atomic E-state index is 0.0417. The Kier molecular flexibility index (Phi) is 5.40. The van der Waals surface area contributed by atoms with Gasteiger partial charge in [-0.05, 0) is 18.6 Å². The van der Waals surface area contributed by atoms with Gasteiger partial charge in [0.25, 0.3) is 5.56 Å². The third kappa shape index (κ3) is 3.51. The van der Waals surface area contributed by atoms with Crippen LogP contribution in [0.15, 0.2) is 51.1 Å². The van der Waals surface area contributed by atoms with Gasteiger partial charge in [0.05, 0.1) is 38.7 Å². The highest BCUT2D eigenvalue weighted by molar-refractivity contribution is 9.10. The minimum atomic E-state index is -0.569. The fourth-order valence-corrected chi connectivity index (χ4v) is 3.83. The van der Waals surface area contributed by atoms with Gasteiger partial charge in [0.2, 0.25) is 5.88 Å². The summed E-state index contributed by atoms with van der Waals surface area (Å²) < 4.78 is 8.23. The van der Waals surface area contributed by atoms with Gasteiger partial charge in [-0.25, -0.2) is 0 Å². The van der Waals surface area contributed by atoms with Crippen LogP contribution in [0.2, 0.25) is 0 Å². The summed E-state index contributed by atoms with van der Waals surface area (Å²) >= 11 is 3.54. The smallest absolute Gasteiger partial charge is 0.258 e. The molecule has 1 aromatic heterocycles. The lowest BCUT2D eigenvalue weighted by Crippen LogP contribution is -3.06. The summed E-state index contributed by atoms with van der Waals surface area (Å²) in [6.45, 7) is 3.27. The van der Waals surface area contributed by atoms with Crippen molar-refractivity contribution < 1.29 is 9.64 Å². The van der Waals surface area contributed by atoms with Crippen LogP contribution in [0.3, 0.4) is 0 Å². The molecule has 0 radical (unpaired) electrons. The lowest BCUT2D eigenvalue weighted by molar-refractivity contribution is -0.858. The second-order valence-electron chi connectivity index (χ2n) is 6.92. The number of aromatic nitrogens is 1. The second kappa shape index (κ2) is 7.59. The standard InChI is InChI=1S/C20H21BrN4O2/c1-12-10-16-18(20(26)25(12)9-8-24(2)3)17(14(11-22)19(23)27-16)13-6-4-5-7-15(13)21/h4-7,10,17H,8-9,23H2,1-3H3/p+1/t17-/m0/s1. The predicted molar refractivity (Wildman–Crippen MR) is 107 cm³/mol. The molecule has 1 atom stereocenters. The van der Waals surface area contributed by atoms with E-state index in [9.17, 15) is 10.1 Å². The first-order valence-electron chi connectivity index (χ1n) is 8.70. The Bertz CT molecular complexity index is 1020. The van der Waals surface area contributed by atoms with Crippen LogP contribution >= 0.6 is 15.9 Å². The van der Waals surface area contributed by atoms with Gasteiger partial charge < -0.3 is 19.9 Å². The highest BCUT2D eigenvalue weighted by Crippen LogP contribution is 2.42. The van der Waals surface area contributed by atoms with E-state index >= 15 is 0 Å². The number of pyridine rings is 1. The van der Waals surface area contributed by atoms with Gasteiger partial charge in [-0.3, -0.25) is 4.79 Å². The first-order valence-corrected chi connectivity index (χ1v) is 9.49. The molecule has 3 rings (SSSR count). The number of likely N-dealkylation sites (N-methyl/N-ethyl adjacent to an activating group) is 1. The van der Waals surface area contributed by atoms with E-state index in [1.54, 1.807) is 4.57 Å². The number of nitrogens with two attached hydrogens (primary N) is 1. The van der Waals surface area contributed by atoms with Crippen molar-refractivity contribution in [3.63, 3.8) is 0 Å². The monoisotopic (exact) mass is 429 g/mol. The Balaban J connectivity index is 2.26. The number of allylic oxidation sites excluding steroid dienone is 1. The van der Waals surface area contributed by atoms with Gasteiger partial charge in [-0.1, -0.05) is 34.1 Å². The van der Waals surface area contributed by atoms with Crippen molar-refractivity contribution in [2.45, 2.75) is 19.4 Å². The van der Waals surface area contributed by atoms with Crippen LogP contribution in [0.1, 0.15) is 22.7 Å². The number of fused-ring (bicyclic) bond motifs is 1. The van der Waals surface area contributed by atoms with Crippen LogP contribution in [-0.2, 0) is 6.54 Å². The van der Waals surface area contributed by atoms with Crippen molar-refractivity contribution in [2.24, 2.45) is 5.73 Å². The molecule has 0 aliphatic carbocycles. The number of quaternary nitrogens is 1. The summed E-state index contributed by atoms with van der Waals surface area (Å²) in [6.07, 6.45) is 0.